The Morgan fingerprint density at radius 3 is 1.59 bits per heavy atom. The summed E-state index contributed by atoms with van der Waals surface area (Å²) in [4.78, 5) is 25.0. The summed E-state index contributed by atoms with van der Waals surface area (Å²) < 4.78 is -0.499. The minimum absolute atomic E-state index is 0.207. The van der Waals surface area contributed by atoms with E-state index in [0.29, 0.717) is 11.8 Å². The van der Waals surface area contributed by atoms with Gasteiger partial charge in [-0.1, -0.05) is 87.4 Å². The quantitative estimate of drug-likeness (QED) is 0.279. The van der Waals surface area contributed by atoms with Crippen molar-refractivity contribution in [1.82, 2.24) is 0 Å². The van der Waals surface area contributed by atoms with Gasteiger partial charge in [-0.2, -0.15) is 0 Å². The second-order valence-corrected chi connectivity index (χ2v) is 15.3. The Labute approximate surface area is 147 Å². The van der Waals surface area contributed by atoms with E-state index in [1.165, 1.54) is 0 Å². The maximum absolute atomic E-state index is 12.7. The van der Waals surface area contributed by atoms with Crippen molar-refractivity contribution in [2.24, 2.45) is 11.8 Å². The fourth-order valence-corrected chi connectivity index (χ4v) is 16.0. The van der Waals surface area contributed by atoms with Crippen LogP contribution in [-0.2, 0) is 9.59 Å². The molecule has 0 aromatic heterocycles. The summed E-state index contributed by atoms with van der Waals surface area (Å²) in [6, 6.07) is 0. The number of aldehydes is 1. The molecule has 0 saturated heterocycles. The molecule has 1 atom stereocenters. The first-order valence-corrected chi connectivity index (χ1v) is 13.6. The standard InChI is InChI=1S/C4H4O2.2C4H9.2C3H7.2Al/c1-4(6)2-3-5;2*1-4(2)3;2*1-3-2;;/h3H,1H3;2*4H,1H2,2-3H3;2*1,3H2,2H3;;. The first-order valence-electron chi connectivity index (χ1n) is 9.23. The van der Waals surface area contributed by atoms with Gasteiger partial charge in [-0.3, -0.25) is 0 Å². The number of ketones is 1. The molecule has 0 amide bonds. The lowest BCUT2D eigenvalue weighted by molar-refractivity contribution is -0.122. The molecule has 0 aromatic rings. The van der Waals surface area contributed by atoms with E-state index in [9.17, 15) is 9.59 Å². The highest BCUT2D eigenvalue weighted by atomic mass is 27.2. The van der Waals surface area contributed by atoms with Crippen molar-refractivity contribution in [2.75, 3.05) is 0 Å². The Morgan fingerprint density at radius 1 is 0.955 bits per heavy atom. The Kier molecular flexibility index (Phi) is 11.2. The van der Waals surface area contributed by atoms with E-state index in [1.54, 1.807) is 6.92 Å². The highest BCUT2D eigenvalue weighted by Crippen LogP contribution is 2.42. The molecular formula is C18H36Al2O2. The van der Waals surface area contributed by atoms with Crippen molar-refractivity contribution in [1.29, 1.82) is 0 Å². The normalized spacial score (nSPS) is 14.0. The van der Waals surface area contributed by atoms with E-state index >= 15 is 0 Å². The number of carbonyl (C=O) groups excluding carboxylic acids is 2. The molecule has 0 heterocycles. The molecule has 0 N–H and O–H groups in total. The summed E-state index contributed by atoms with van der Waals surface area (Å²) in [6.45, 7) is 15.1. The smallest absolute Gasteiger partial charge is 0.274 e. The predicted molar refractivity (Wildman–Crippen MR) is 100 cm³/mol. The number of rotatable bonds is 12. The van der Waals surface area contributed by atoms with Crippen molar-refractivity contribution in [3.8, 4) is 0 Å². The third-order valence-electron chi connectivity index (χ3n) is 4.94. The van der Waals surface area contributed by atoms with E-state index in [4.69, 9.17) is 0 Å². The number of hydrogen-bond donors (Lipinski definition) is 0. The zero-order chi connectivity index (χ0) is 17.3. The van der Waals surface area contributed by atoms with E-state index in [-0.39, 0.29) is 5.78 Å². The summed E-state index contributed by atoms with van der Waals surface area (Å²) in [6.07, 6.45) is 3.38. The largest absolute Gasteiger partial charge is 0.305 e. The molecular weight excluding hydrogens is 302 g/mol. The van der Waals surface area contributed by atoms with Crippen molar-refractivity contribution in [3.05, 3.63) is 0 Å². The van der Waals surface area contributed by atoms with E-state index < -0.39 is 31.4 Å². The van der Waals surface area contributed by atoms with Crippen LogP contribution in [0.1, 0.15) is 61.3 Å². The number of carbonyl (C=O) groups is 2. The zero-order valence-corrected chi connectivity index (χ0v) is 18.3. The van der Waals surface area contributed by atoms with Gasteiger partial charge >= 0.3 is 0 Å². The van der Waals surface area contributed by atoms with Crippen molar-refractivity contribution < 1.29 is 9.59 Å². The molecule has 0 fully saturated rings. The molecule has 2 nitrogen and oxygen atoms in total. The third kappa shape index (κ3) is 6.13. The number of Topliss-reactive ketones (excluding diaryl/α,β-unsaturated/α-hetero) is 1. The van der Waals surface area contributed by atoms with Gasteiger partial charge in [-0.25, -0.2) is 0 Å². The topological polar surface area (TPSA) is 34.1 Å². The molecule has 0 spiro atoms. The van der Waals surface area contributed by atoms with Crippen LogP contribution in [-0.4, -0.2) is 40.4 Å². The van der Waals surface area contributed by atoms with Gasteiger partial charge in [0.15, 0.2) is 0 Å². The van der Waals surface area contributed by atoms with Crippen molar-refractivity contribution >= 4 is 40.4 Å². The molecule has 0 aliphatic rings. The van der Waals surface area contributed by atoms with Gasteiger partial charge in [0.2, 0.25) is 0 Å². The van der Waals surface area contributed by atoms with Crippen LogP contribution in [0.3, 0.4) is 0 Å². The maximum atomic E-state index is 12.7. The molecule has 0 radical (unpaired) electrons. The van der Waals surface area contributed by atoms with Gasteiger partial charge in [0.05, 0.1) is 0 Å². The lowest BCUT2D eigenvalue weighted by atomic mass is 10.2. The summed E-state index contributed by atoms with van der Waals surface area (Å²) in [7, 11) is 0. The second-order valence-electron chi connectivity index (χ2n) is 7.84. The molecule has 0 aliphatic heterocycles. The van der Waals surface area contributed by atoms with Crippen LogP contribution in [0.4, 0.5) is 0 Å². The monoisotopic (exact) mass is 338 g/mol. The number of hydrogen-bond acceptors (Lipinski definition) is 2. The van der Waals surface area contributed by atoms with Crippen LogP contribution < -0.4 is 0 Å². The molecule has 4 heteroatoms. The summed E-state index contributed by atoms with van der Waals surface area (Å²) in [5, 5.41) is 4.55. The summed E-state index contributed by atoms with van der Waals surface area (Å²) in [5.74, 6) is 1.39. The molecule has 0 bridgehead atoms. The van der Waals surface area contributed by atoms with Crippen LogP contribution >= 0.6 is 0 Å². The van der Waals surface area contributed by atoms with Gasteiger partial charge in [0, 0.05) is 0 Å². The molecule has 1 unspecified atom stereocenters. The molecule has 22 heavy (non-hydrogen) atoms. The lowest BCUT2D eigenvalue weighted by Crippen LogP contribution is -2.51. The molecule has 126 valence electrons. The average molecular weight is 338 g/mol. The van der Waals surface area contributed by atoms with Crippen LogP contribution in [0.25, 0.3) is 0 Å². The molecule has 0 saturated carbocycles. The molecule has 0 aliphatic carbocycles. The van der Waals surface area contributed by atoms with Crippen LogP contribution in [0, 0.1) is 11.8 Å². The van der Waals surface area contributed by atoms with Gasteiger partial charge in [-0.15, -0.1) is 0 Å². The Hall–Kier alpha value is 0.405. The van der Waals surface area contributed by atoms with Crippen LogP contribution in [0.5, 0.6) is 0 Å². The average Bonchev–Trinajstić information content (AvgIpc) is 2.38. The minimum Gasteiger partial charge on any atom is -0.305 e. The fourth-order valence-electron chi connectivity index (χ4n) is 4.13. The Bertz CT molecular complexity index is 326. The van der Waals surface area contributed by atoms with Gasteiger partial charge in [0.1, 0.15) is 12.1 Å². The molecule has 0 rings (SSSR count). The van der Waals surface area contributed by atoms with Crippen LogP contribution in [0.2, 0.25) is 24.3 Å². The predicted octanol–water partition coefficient (Wildman–Crippen LogP) is 5.18. The second kappa shape index (κ2) is 11.0. The van der Waals surface area contributed by atoms with E-state index in [2.05, 4.69) is 41.5 Å². The highest BCUT2D eigenvalue weighted by Gasteiger charge is 2.53. The Balaban J connectivity index is 5.84. The third-order valence-corrected chi connectivity index (χ3v) is 17.1. The van der Waals surface area contributed by atoms with E-state index in [0.717, 1.165) is 40.3 Å². The van der Waals surface area contributed by atoms with Crippen molar-refractivity contribution in [3.63, 3.8) is 0 Å². The minimum atomic E-state index is -1.44. The van der Waals surface area contributed by atoms with E-state index in [1.807, 2.05) is 0 Å². The van der Waals surface area contributed by atoms with Gasteiger partial charge < -0.3 is 9.59 Å². The maximum Gasteiger partial charge on any atom is 0.274 e. The first kappa shape index (κ1) is 22.4. The van der Waals surface area contributed by atoms with Gasteiger partial charge in [-0.05, 0) is 10.1 Å². The highest BCUT2D eigenvalue weighted by molar-refractivity contribution is 6.92. The summed E-state index contributed by atoms with van der Waals surface area (Å²) in [5.41, 5.74) is 0. The van der Waals surface area contributed by atoms with Gasteiger partial charge in [0.25, 0.3) is 28.3 Å². The lowest BCUT2D eigenvalue weighted by Gasteiger charge is -2.37. The zero-order valence-electron chi connectivity index (χ0n) is 15.9. The fraction of sp³-hybridized carbons (Fsp3) is 0.889. The summed E-state index contributed by atoms with van der Waals surface area (Å²) >= 11 is -2.81. The molecule has 0 aromatic carbocycles. The first-order chi connectivity index (χ1) is 10.3. The van der Waals surface area contributed by atoms with Crippen molar-refractivity contribution in [2.45, 2.75) is 85.6 Å². The van der Waals surface area contributed by atoms with Crippen LogP contribution in [0.15, 0.2) is 0 Å². The SMILES string of the molecule is CC[CH2][Al]([CH2]CC)[C](C=O)(C(C)=O)[Al]([CH2]C(C)C)[CH2]C(C)C. The Morgan fingerprint density at radius 2 is 1.36 bits per heavy atom.